The van der Waals surface area contributed by atoms with Crippen molar-refractivity contribution >= 4 is 5.91 Å². The fourth-order valence-corrected chi connectivity index (χ4v) is 2.95. The average molecular weight is 278 g/mol. The van der Waals surface area contributed by atoms with E-state index in [4.69, 9.17) is 4.74 Å². The molecule has 110 valence electrons. The van der Waals surface area contributed by atoms with Crippen LogP contribution < -0.4 is 0 Å². The van der Waals surface area contributed by atoms with Crippen molar-refractivity contribution in [1.82, 2.24) is 9.88 Å². The van der Waals surface area contributed by atoms with E-state index in [1.54, 1.807) is 25.1 Å². The summed E-state index contributed by atoms with van der Waals surface area (Å²) in [4.78, 5) is 18.1. The number of hydrogen-bond acceptors (Lipinski definition) is 4. The van der Waals surface area contributed by atoms with Gasteiger partial charge in [-0.3, -0.25) is 4.79 Å². The van der Waals surface area contributed by atoms with Crippen molar-refractivity contribution in [2.75, 3.05) is 14.2 Å². The molecule has 20 heavy (non-hydrogen) atoms. The number of carbonyl (C=O) groups excluding carboxylic acids is 1. The maximum atomic E-state index is 12.4. The fraction of sp³-hybridized carbons (Fsp3) is 0.600. The van der Waals surface area contributed by atoms with Gasteiger partial charge < -0.3 is 14.7 Å². The highest BCUT2D eigenvalue weighted by molar-refractivity contribution is 5.95. The minimum absolute atomic E-state index is 0.0568. The Balaban J connectivity index is 2.20. The van der Waals surface area contributed by atoms with Gasteiger partial charge in [-0.2, -0.15) is 0 Å². The molecule has 1 aliphatic carbocycles. The lowest BCUT2D eigenvalue weighted by molar-refractivity contribution is -0.198. The third-order valence-corrected chi connectivity index (χ3v) is 5.01. The lowest BCUT2D eigenvalue weighted by Gasteiger charge is -2.61. The Labute approximate surface area is 119 Å². The largest absolute Gasteiger partial charge is 0.505 e. The summed E-state index contributed by atoms with van der Waals surface area (Å²) in [5, 5.41) is 9.75. The molecule has 1 N–H and O–H groups in total. The molecule has 0 aromatic carbocycles. The van der Waals surface area contributed by atoms with Crippen molar-refractivity contribution in [3.63, 3.8) is 0 Å². The molecule has 1 aromatic heterocycles. The number of pyridine rings is 1. The van der Waals surface area contributed by atoms with E-state index in [2.05, 4.69) is 25.8 Å². The van der Waals surface area contributed by atoms with E-state index in [0.29, 0.717) is 0 Å². The average Bonchev–Trinajstić information content (AvgIpc) is 2.43. The first kappa shape index (κ1) is 14.8. The van der Waals surface area contributed by atoms with Crippen LogP contribution in [0.25, 0.3) is 0 Å². The Morgan fingerprint density at radius 1 is 1.50 bits per heavy atom. The summed E-state index contributed by atoms with van der Waals surface area (Å²) >= 11 is 0. The third-order valence-electron chi connectivity index (χ3n) is 5.01. The summed E-state index contributed by atoms with van der Waals surface area (Å²) in [7, 11) is 3.45. The molecule has 2 atom stereocenters. The molecular formula is C15H22N2O3. The van der Waals surface area contributed by atoms with Crippen molar-refractivity contribution in [3.8, 4) is 5.75 Å². The van der Waals surface area contributed by atoms with Gasteiger partial charge >= 0.3 is 0 Å². The first-order valence-corrected chi connectivity index (χ1v) is 6.71. The van der Waals surface area contributed by atoms with Crippen molar-refractivity contribution in [3.05, 3.63) is 24.0 Å². The van der Waals surface area contributed by atoms with Gasteiger partial charge in [0.05, 0.1) is 5.60 Å². The highest BCUT2D eigenvalue weighted by Gasteiger charge is 2.60. The molecule has 1 saturated carbocycles. The van der Waals surface area contributed by atoms with Gasteiger partial charge in [0, 0.05) is 31.8 Å². The Hall–Kier alpha value is -1.62. The fourth-order valence-electron chi connectivity index (χ4n) is 2.95. The second kappa shape index (κ2) is 4.74. The lowest BCUT2D eigenvalue weighted by atomic mass is 9.55. The summed E-state index contributed by atoms with van der Waals surface area (Å²) in [5.74, 6) is -0.352. The van der Waals surface area contributed by atoms with Gasteiger partial charge in [-0.25, -0.2) is 4.98 Å². The second-order valence-corrected chi connectivity index (χ2v) is 6.16. The SMILES string of the molecule is CO[C@]1(C)C[C@H](N(C)C(=O)c2ncccc2O)C1(C)C. The smallest absolute Gasteiger partial charge is 0.276 e. The van der Waals surface area contributed by atoms with E-state index in [0.717, 1.165) is 6.42 Å². The summed E-state index contributed by atoms with van der Waals surface area (Å²) < 4.78 is 5.58. The zero-order chi connectivity index (χ0) is 15.1. The van der Waals surface area contributed by atoms with Crippen molar-refractivity contribution in [2.45, 2.75) is 38.8 Å². The lowest BCUT2D eigenvalue weighted by Crippen LogP contribution is -2.68. The highest BCUT2D eigenvalue weighted by Crippen LogP contribution is 2.53. The minimum atomic E-state index is -0.265. The molecule has 1 aromatic rings. The summed E-state index contributed by atoms with van der Waals surface area (Å²) in [5.41, 5.74) is -0.300. The number of hydrogen-bond donors (Lipinski definition) is 1. The molecule has 0 bridgehead atoms. The minimum Gasteiger partial charge on any atom is -0.505 e. The maximum absolute atomic E-state index is 12.4. The molecule has 1 fully saturated rings. The van der Waals surface area contributed by atoms with Gasteiger partial charge in [0.1, 0.15) is 5.75 Å². The number of ether oxygens (including phenoxy) is 1. The van der Waals surface area contributed by atoms with E-state index in [9.17, 15) is 9.90 Å². The first-order valence-electron chi connectivity index (χ1n) is 6.71. The van der Waals surface area contributed by atoms with Crippen LogP contribution in [0.1, 0.15) is 37.7 Å². The Morgan fingerprint density at radius 2 is 2.15 bits per heavy atom. The van der Waals surface area contributed by atoms with Gasteiger partial charge in [-0.05, 0) is 25.5 Å². The topological polar surface area (TPSA) is 62.7 Å². The zero-order valence-electron chi connectivity index (χ0n) is 12.7. The highest BCUT2D eigenvalue weighted by atomic mass is 16.5. The third kappa shape index (κ3) is 1.97. The van der Waals surface area contributed by atoms with Crippen molar-refractivity contribution in [1.29, 1.82) is 0 Å². The number of carbonyl (C=O) groups is 1. The Morgan fingerprint density at radius 3 is 2.65 bits per heavy atom. The van der Waals surface area contributed by atoms with Crippen LogP contribution in [-0.2, 0) is 4.74 Å². The van der Waals surface area contributed by atoms with Crippen LogP contribution in [0.5, 0.6) is 5.75 Å². The molecular weight excluding hydrogens is 256 g/mol. The monoisotopic (exact) mass is 278 g/mol. The first-order chi connectivity index (χ1) is 9.24. The molecule has 1 aliphatic rings. The van der Waals surface area contributed by atoms with E-state index < -0.39 is 0 Å². The van der Waals surface area contributed by atoms with Crippen LogP contribution in [0.15, 0.2) is 18.3 Å². The van der Waals surface area contributed by atoms with Crippen LogP contribution in [-0.4, -0.2) is 46.7 Å². The molecule has 0 saturated heterocycles. The van der Waals surface area contributed by atoms with Crippen LogP contribution in [0.2, 0.25) is 0 Å². The standard InChI is InChI=1S/C15H22N2O3/c1-14(2)11(9-15(14,3)20-5)17(4)13(19)12-10(18)7-6-8-16-12/h6-8,11,18H,9H2,1-5H3/t11-,15+/m0/s1. The molecule has 0 unspecified atom stereocenters. The molecule has 0 spiro atoms. The normalized spacial score (nSPS) is 27.8. The summed E-state index contributed by atoms with van der Waals surface area (Å²) in [6.07, 6.45) is 2.28. The van der Waals surface area contributed by atoms with Crippen LogP contribution >= 0.6 is 0 Å². The Kier molecular flexibility index (Phi) is 3.50. The number of aromatic nitrogens is 1. The zero-order valence-corrected chi connectivity index (χ0v) is 12.7. The van der Waals surface area contributed by atoms with E-state index in [1.165, 1.54) is 12.3 Å². The van der Waals surface area contributed by atoms with E-state index in [-0.39, 0.29) is 34.4 Å². The number of methoxy groups -OCH3 is 1. The predicted octanol–water partition coefficient (Wildman–Crippen LogP) is 2.06. The van der Waals surface area contributed by atoms with Crippen LogP contribution in [0.3, 0.4) is 0 Å². The van der Waals surface area contributed by atoms with Gasteiger partial charge in [-0.1, -0.05) is 13.8 Å². The molecule has 0 aliphatic heterocycles. The van der Waals surface area contributed by atoms with Crippen LogP contribution in [0.4, 0.5) is 0 Å². The number of nitrogens with zero attached hydrogens (tertiary/aromatic N) is 2. The van der Waals surface area contributed by atoms with E-state index >= 15 is 0 Å². The maximum Gasteiger partial charge on any atom is 0.276 e. The molecule has 2 rings (SSSR count). The van der Waals surface area contributed by atoms with Gasteiger partial charge in [0.25, 0.3) is 5.91 Å². The molecule has 1 heterocycles. The number of aromatic hydroxyl groups is 1. The van der Waals surface area contributed by atoms with Crippen molar-refractivity contribution in [2.24, 2.45) is 5.41 Å². The Bertz CT molecular complexity index is 530. The molecule has 5 nitrogen and oxygen atoms in total. The molecule has 1 amide bonds. The van der Waals surface area contributed by atoms with Crippen molar-refractivity contribution < 1.29 is 14.6 Å². The molecule has 0 radical (unpaired) electrons. The summed E-state index contributed by atoms with van der Waals surface area (Å²) in [6.45, 7) is 6.24. The number of amides is 1. The van der Waals surface area contributed by atoms with Gasteiger partial charge in [0.15, 0.2) is 5.69 Å². The van der Waals surface area contributed by atoms with Gasteiger partial charge in [-0.15, -0.1) is 0 Å². The predicted molar refractivity (Wildman–Crippen MR) is 75.6 cm³/mol. The van der Waals surface area contributed by atoms with E-state index in [1.807, 2.05) is 0 Å². The molecule has 5 heteroatoms. The number of rotatable bonds is 3. The quantitative estimate of drug-likeness (QED) is 0.919. The van der Waals surface area contributed by atoms with Crippen LogP contribution in [0, 0.1) is 5.41 Å². The summed E-state index contributed by atoms with van der Waals surface area (Å²) in [6, 6.07) is 3.13. The van der Waals surface area contributed by atoms with Gasteiger partial charge in [0.2, 0.25) is 0 Å². The second-order valence-electron chi connectivity index (χ2n) is 6.16.